The van der Waals surface area contributed by atoms with Crippen LogP contribution in [0.15, 0.2) is 41.1 Å². The minimum Gasteiger partial charge on any atom is -0.304 e. The van der Waals surface area contributed by atoms with Gasteiger partial charge in [-0.3, -0.25) is 4.68 Å². The lowest BCUT2D eigenvalue weighted by Crippen LogP contribution is -2.22. The molecule has 0 bridgehead atoms. The van der Waals surface area contributed by atoms with Crippen molar-refractivity contribution in [2.75, 3.05) is 0 Å². The van der Waals surface area contributed by atoms with E-state index in [4.69, 9.17) is 0 Å². The van der Waals surface area contributed by atoms with Crippen LogP contribution in [0.3, 0.4) is 0 Å². The van der Waals surface area contributed by atoms with Gasteiger partial charge in [-0.15, -0.1) is 0 Å². The smallest absolute Gasteiger partial charge is 0.0537 e. The molecule has 108 valence electrons. The molecule has 0 amide bonds. The van der Waals surface area contributed by atoms with Gasteiger partial charge in [0.15, 0.2) is 0 Å². The fourth-order valence-corrected chi connectivity index (χ4v) is 2.62. The van der Waals surface area contributed by atoms with Crippen molar-refractivity contribution < 1.29 is 0 Å². The maximum Gasteiger partial charge on any atom is 0.0537 e. The monoisotopic (exact) mass is 335 g/mol. The van der Waals surface area contributed by atoms with Crippen molar-refractivity contribution in [2.24, 2.45) is 0 Å². The average molecular weight is 336 g/mol. The maximum atomic E-state index is 4.40. The fourth-order valence-electron chi connectivity index (χ4n) is 2.20. The maximum absolute atomic E-state index is 4.40. The summed E-state index contributed by atoms with van der Waals surface area (Å²) in [5, 5.41) is 8.02. The normalized spacial score (nSPS) is 14.5. The van der Waals surface area contributed by atoms with E-state index in [1.807, 2.05) is 16.9 Å². The first-order valence-corrected chi connectivity index (χ1v) is 7.82. The van der Waals surface area contributed by atoms with E-state index >= 15 is 0 Å². The predicted octanol–water partition coefficient (Wildman–Crippen LogP) is 4.64. The molecule has 0 aliphatic heterocycles. The number of halogens is 1. The third-order valence-electron chi connectivity index (χ3n) is 3.50. The molecule has 0 fully saturated rings. The van der Waals surface area contributed by atoms with Crippen LogP contribution < -0.4 is 5.32 Å². The lowest BCUT2D eigenvalue weighted by atomic mass is 10.1. The van der Waals surface area contributed by atoms with E-state index in [1.54, 1.807) is 0 Å². The van der Waals surface area contributed by atoms with Gasteiger partial charge in [-0.05, 0) is 45.4 Å². The molecule has 1 N–H and O–H groups in total. The van der Waals surface area contributed by atoms with Crippen LogP contribution in [0.1, 0.15) is 56.9 Å². The summed E-state index contributed by atoms with van der Waals surface area (Å²) in [6, 6.07) is 9.39. The number of aromatic nitrogens is 2. The minimum atomic E-state index is 0.275. The minimum absolute atomic E-state index is 0.275. The largest absolute Gasteiger partial charge is 0.304 e. The van der Waals surface area contributed by atoms with Crippen LogP contribution >= 0.6 is 15.9 Å². The number of benzene rings is 1. The Hall–Kier alpha value is -1.13. The molecule has 0 saturated carbocycles. The van der Waals surface area contributed by atoms with Gasteiger partial charge in [0.05, 0.1) is 6.20 Å². The molecule has 2 aromatic rings. The second-order valence-electron chi connectivity index (χ2n) is 5.51. The summed E-state index contributed by atoms with van der Waals surface area (Å²) >= 11 is 3.52. The summed E-state index contributed by atoms with van der Waals surface area (Å²) in [4.78, 5) is 0. The molecular formula is C16H22BrN3. The Morgan fingerprint density at radius 1 is 1.10 bits per heavy atom. The van der Waals surface area contributed by atoms with Crippen LogP contribution in [0.2, 0.25) is 0 Å². The zero-order valence-electron chi connectivity index (χ0n) is 12.5. The standard InChI is InChI=1S/C16H22BrN3/c1-11(2)20-10-15(9-18-20)13(4)19-12(3)14-6-5-7-16(17)8-14/h5-13,19H,1-4H3/t12-,13+/m1/s1. The Bertz CT molecular complexity index is 562. The Balaban J connectivity index is 2.04. The first-order valence-electron chi connectivity index (χ1n) is 7.03. The van der Waals surface area contributed by atoms with Gasteiger partial charge in [0.1, 0.15) is 0 Å². The average Bonchev–Trinajstić information content (AvgIpc) is 2.88. The van der Waals surface area contributed by atoms with Gasteiger partial charge in [-0.25, -0.2) is 0 Å². The topological polar surface area (TPSA) is 29.9 Å². The Labute approximate surface area is 129 Å². The van der Waals surface area contributed by atoms with E-state index in [9.17, 15) is 0 Å². The zero-order valence-corrected chi connectivity index (χ0v) is 14.1. The molecule has 1 aromatic carbocycles. The lowest BCUT2D eigenvalue weighted by Gasteiger charge is -2.19. The van der Waals surface area contributed by atoms with Crippen LogP contribution in [0, 0.1) is 0 Å². The molecule has 0 unspecified atom stereocenters. The van der Waals surface area contributed by atoms with Crippen LogP contribution in [0.4, 0.5) is 0 Å². The first kappa shape index (κ1) is 15.3. The van der Waals surface area contributed by atoms with E-state index in [2.05, 4.69) is 78.4 Å². The number of nitrogens with one attached hydrogen (secondary N) is 1. The number of hydrogen-bond acceptors (Lipinski definition) is 2. The van der Waals surface area contributed by atoms with Crippen molar-refractivity contribution in [3.05, 3.63) is 52.3 Å². The highest BCUT2D eigenvalue weighted by molar-refractivity contribution is 9.10. The molecule has 0 saturated heterocycles. The van der Waals surface area contributed by atoms with Crippen LogP contribution in [0.25, 0.3) is 0 Å². The fraction of sp³-hybridized carbons (Fsp3) is 0.438. The second kappa shape index (κ2) is 6.55. The number of hydrogen-bond donors (Lipinski definition) is 1. The quantitative estimate of drug-likeness (QED) is 0.862. The molecule has 0 aliphatic rings. The zero-order chi connectivity index (χ0) is 14.7. The van der Waals surface area contributed by atoms with Crippen LogP contribution in [0.5, 0.6) is 0 Å². The Morgan fingerprint density at radius 3 is 2.40 bits per heavy atom. The molecule has 0 spiro atoms. The lowest BCUT2D eigenvalue weighted by molar-refractivity contribution is 0.491. The Kier molecular flexibility index (Phi) is 5.00. The highest BCUT2D eigenvalue weighted by Gasteiger charge is 2.13. The van der Waals surface area contributed by atoms with Gasteiger partial charge >= 0.3 is 0 Å². The highest BCUT2D eigenvalue weighted by Crippen LogP contribution is 2.22. The summed E-state index contributed by atoms with van der Waals surface area (Å²) in [7, 11) is 0. The summed E-state index contributed by atoms with van der Waals surface area (Å²) in [5.74, 6) is 0. The summed E-state index contributed by atoms with van der Waals surface area (Å²) in [6.45, 7) is 8.64. The van der Waals surface area contributed by atoms with Crippen molar-refractivity contribution in [1.29, 1.82) is 0 Å². The summed E-state index contributed by atoms with van der Waals surface area (Å²) < 4.78 is 3.11. The van der Waals surface area contributed by atoms with Crippen molar-refractivity contribution in [3.8, 4) is 0 Å². The molecule has 4 heteroatoms. The molecule has 2 atom stereocenters. The van der Waals surface area contributed by atoms with Gasteiger partial charge in [0.25, 0.3) is 0 Å². The van der Waals surface area contributed by atoms with E-state index in [1.165, 1.54) is 11.1 Å². The first-order chi connectivity index (χ1) is 9.47. The SMILES string of the molecule is CC(C)n1cc([C@H](C)N[C@H](C)c2cccc(Br)c2)cn1. The third-order valence-corrected chi connectivity index (χ3v) is 3.99. The van der Waals surface area contributed by atoms with E-state index in [-0.39, 0.29) is 6.04 Å². The van der Waals surface area contributed by atoms with Gasteiger partial charge in [0, 0.05) is 34.4 Å². The van der Waals surface area contributed by atoms with Crippen LogP contribution in [-0.2, 0) is 0 Å². The van der Waals surface area contributed by atoms with E-state index in [0.29, 0.717) is 12.1 Å². The van der Waals surface area contributed by atoms with Crippen molar-refractivity contribution in [1.82, 2.24) is 15.1 Å². The molecule has 1 heterocycles. The van der Waals surface area contributed by atoms with E-state index < -0.39 is 0 Å². The molecule has 0 aliphatic carbocycles. The van der Waals surface area contributed by atoms with Gasteiger partial charge in [-0.1, -0.05) is 28.1 Å². The molecule has 3 nitrogen and oxygen atoms in total. The predicted molar refractivity (Wildman–Crippen MR) is 86.7 cm³/mol. The van der Waals surface area contributed by atoms with Gasteiger partial charge in [-0.2, -0.15) is 5.10 Å². The molecule has 1 aromatic heterocycles. The molecular weight excluding hydrogens is 314 g/mol. The van der Waals surface area contributed by atoms with Crippen molar-refractivity contribution in [3.63, 3.8) is 0 Å². The Morgan fingerprint density at radius 2 is 1.80 bits per heavy atom. The third kappa shape index (κ3) is 3.70. The molecule has 0 radical (unpaired) electrons. The van der Waals surface area contributed by atoms with E-state index in [0.717, 1.165) is 4.47 Å². The highest BCUT2D eigenvalue weighted by atomic mass is 79.9. The molecule has 2 rings (SSSR count). The number of nitrogens with zero attached hydrogens (tertiary/aromatic N) is 2. The van der Waals surface area contributed by atoms with Crippen molar-refractivity contribution in [2.45, 2.75) is 45.8 Å². The summed E-state index contributed by atoms with van der Waals surface area (Å²) in [5.41, 5.74) is 2.50. The van der Waals surface area contributed by atoms with Gasteiger partial charge < -0.3 is 5.32 Å². The van der Waals surface area contributed by atoms with Crippen LogP contribution in [-0.4, -0.2) is 9.78 Å². The number of rotatable bonds is 5. The van der Waals surface area contributed by atoms with Gasteiger partial charge in [0.2, 0.25) is 0 Å². The molecule has 20 heavy (non-hydrogen) atoms. The summed E-state index contributed by atoms with van der Waals surface area (Å²) in [6.07, 6.45) is 4.07. The second-order valence-corrected chi connectivity index (χ2v) is 6.43. The van der Waals surface area contributed by atoms with Crippen molar-refractivity contribution >= 4 is 15.9 Å².